The van der Waals surface area contributed by atoms with Gasteiger partial charge in [0, 0.05) is 12.0 Å². The SMILES string of the molecule is CC(C)(CC(N)=O)NC(=O)c1ccccc1O. The second-order valence-corrected chi connectivity index (χ2v) is 4.50. The van der Waals surface area contributed by atoms with Crippen molar-refractivity contribution in [2.75, 3.05) is 0 Å². The first-order valence-corrected chi connectivity index (χ1v) is 5.20. The van der Waals surface area contributed by atoms with Gasteiger partial charge in [-0.15, -0.1) is 0 Å². The van der Waals surface area contributed by atoms with Gasteiger partial charge in [-0.2, -0.15) is 0 Å². The van der Waals surface area contributed by atoms with E-state index in [4.69, 9.17) is 5.73 Å². The van der Waals surface area contributed by atoms with E-state index in [1.807, 2.05) is 0 Å². The molecule has 0 aromatic heterocycles. The van der Waals surface area contributed by atoms with Crippen LogP contribution in [0.2, 0.25) is 0 Å². The van der Waals surface area contributed by atoms with Gasteiger partial charge in [0.1, 0.15) is 5.75 Å². The molecule has 0 fully saturated rings. The number of hydrogen-bond acceptors (Lipinski definition) is 3. The fourth-order valence-electron chi connectivity index (χ4n) is 1.52. The molecular formula is C12H16N2O3. The van der Waals surface area contributed by atoms with E-state index >= 15 is 0 Å². The van der Waals surface area contributed by atoms with Crippen molar-refractivity contribution < 1.29 is 14.7 Å². The molecule has 0 saturated heterocycles. The second-order valence-electron chi connectivity index (χ2n) is 4.50. The number of para-hydroxylation sites is 1. The third kappa shape index (κ3) is 3.79. The van der Waals surface area contributed by atoms with Crippen LogP contribution in [0, 0.1) is 0 Å². The summed E-state index contributed by atoms with van der Waals surface area (Å²) in [7, 11) is 0. The van der Waals surface area contributed by atoms with Gasteiger partial charge in [0.15, 0.2) is 0 Å². The van der Waals surface area contributed by atoms with E-state index in [2.05, 4.69) is 5.32 Å². The van der Waals surface area contributed by atoms with Crippen LogP contribution in [0.15, 0.2) is 24.3 Å². The molecular weight excluding hydrogens is 220 g/mol. The number of carbonyl (C=O) groups excluding carboxylic acids is 2. The first-order chi connectivity index (χ1) is 7.82. The Bertz CT molecular complexity index is 441. The molecule has 0 heterocycles. The van der Waals surface area contributed by atoms with Crippen LogP contribution in [0.4, 0.5) is 0 Å². The molecule has 5 nitrogen and oxygen atoms in total. The molecule has 0 saturated carbocycles. The first-order valence-electron chi connectivity index (χ1n) is 5.20. The average molecular weight is 236 g/mol. The molecule has 17 heavy (non-hydrogen) atoms. The standard InChI is InChI=1S/C12H16N2O3/c1-12(2,7-10(13)16)14-11(17)8-5-3-4-6-9(8)15/h3-6,15H,7H2,1-2H3,(H2,13,16)(H,14,17). The minimum atomic E-state index is -0.745. The molecule has 1 aromatic carbocycles. The summed E-state index contributed by atoms with van der Waals surface area (Å²) in [6, 6.07) is 6.21. The van der Waals surface area contributed by atoms with E-state index in [1.165, 1.54) is 12.1 Å². The molecule has 0 atom stereocenters. The van der Waals surface area contributed by atoms with Crippen molar-refractivity contribution in [3.8, 4) is 5.75 Å². The molecule has 2 amide bonds. The number of amides is 2. The quantitative estimate of drug-likeness (QED) is 0.721. The van der Waals surface area contributed by atoms with Gasteiger partial charge in [0.2, 0.25) is 5.91 Å². The van der Waals surface area contributed by atoms with Gasteiger partial charge >= 0.3 is 0 Å². The predicted molar refractivity (Wildman–Crippen MR) is 63.5 cm³/mol. The highest BCUT2D eigenvalue weighted by Crippen LogP contribution is 2.17. The number of hydrogen-bond donors (Lipinski definition) is 3. The summed E-state index contributed by atoms with van der Waals surface area (Å²) in [4.78, 5) is 22.7. The summed E-state index contributed by atoms with van der Waals surface area (Å²) in [5.41, 5.74) is 4.51. The Morgan fingerprint density at radius 3 is 2.47 bits per heavy atom. The zero-order valence-corrected chi connectivity index (χ0v) is 9.86. The maximum Gasteiger partial charge on any atom is 0.255 e. The minimum Gasteiger partial charge on any atom is -0.507 e. The zero-order chi connectivity index (χ0) is 13.1. The molecule has 1 aromatic rings. The van der Waals surface area contributed by atoms with Crippen LogP contribution in [0.25, 0.3) is 0 Å². The van der Waals surface area contributed by atoms with E-state index in [0.717, 1.165) is 0 Å². The Labute approximate surface area is 99.6 Å². The number of nitrogens with one attached hydrogen (secondary N) is 1. The summed E-state index contributed by atoms with van der Waals surface area (Å²) in [6.45, 7) is 3.38. The van der Waals surface area contributed by atoms with E-state index in [9.17, 15) is 14.7 Å². The Morgan fingerprint density at radius 1 is 1.35 bits per heavy atom. The van der Waals surface area contributed by atoms with E-state index < -0.39 is 17.4 Å². The third-order valence-electron chi connectivity index (χ3n) is 2.22. The molecule has 0 spiro atoms. The van der Waals surface area contributed by atoms with Crippen molar-refractivity contribution in [3.05, 3.63) is 29.8 Å². The topological polar surface area (TPSA) is 92.4 Å². The summed E-state index contributed by atoms with van der Waals surface area (Å²) < 4.78 is 0. The maximum absolute atomic E-state index is 11.8. The number of phenols is 1. The van der Waals surface area contributed by atoms with Gasteiger partial charge < -0.3 is 16.2 Å². The number of rotatable bonds is 4. The van der Waals surface area contributed by atoms with E-state index in [1.54, 1.807) is 26.0 Å². The Kier molecular flexibility index (Phi) is 3.73. The largest absolute Gasteiger partial charge is 0.507 e. The van der Waals surface area contributed by atoms with E-state index in [-0.39, 0.29) is 17.7 Å². The molecule has 0 unspecified atom stereocenters. The summed E-state index contributed by atoms with van der Waals surface area (Å²) in [6.07, 6.45) is 0.0341. The number of primary amides is 1. The lowest BCUT2D eigenvalue weighted by atomic mass is 9.99. The van der Waals surface area contributed by atoms with Crippen molar-refractivity contribution in [1.29, 1.82) is 0 Å². The van der Waals surface area contributed by atoms with Gasteiger partial charge in [-0.25, -0.2) is 0 Å². The van der Waals surface area contributed by atoms with Gasteiger partial charge in [-0.05, 0) is 26.0 Å². The van der Waals surface area contributed by atoms with Crippen molar-refractivity contribution in [3.63, 3.8) is 0 Å². The Hall–Kier alpha value is -2.04. The van der Waals surface area contributed by atoms with Crippen LogP contribution in [0.1, 0.15) is 30.6 Å². The molecule has 92 valence electrons. The van der Waals surface area contributed by atoms with Crippen LogP contribution in [0.3, 0.4) is 0 Å². The predicted octanol–water partition coefficient (Wildman–Crippen LogP) is 0.776. The van der Waals surface area contributed by atoms with Gasteiger partial charge in [-0.3, -0.25) is 9.59 Å². The smallest absolute Gasteiger partial charge is 0.255 e. The molecule has 0 aliphatic rings. The number of benzene rings is 1. The number of carbonyl (C=O) groups is 2. The van der Waals surface area contributed by atoms with Crippen LogP contribution in [-0.4, -0.2) is 22.5 Å². The van der Waals surface area contributed by atoms with Crippen molar-refractivity contribution in [2.45, 2.75) is 25.8 Å². The van der Waals surface area contributed by atoms with Crippen molar-refractivity contribution in [2.24, 2.45) is 5.73 Å². The average Bonchev–Trinajstić information content (AvgIpc) is 2.14. The number of nitrogens with two attached hydrogens (primary N) is 1. The summed E-state index contributed by atoms with van der Waals surface area (Å²) in [5, 5.41) is 12.2. The third-order valence-corrected chi connectivity index (χ3v) is 2.22. The van der Waals surface area contributed by atoms with Gasteiger partial charge in [0.25, 0.3) is 5.91 Å². The lowest BCUT2D eigenvalue weighted by molar-refractivity contribution is -0.119. The highest BCUT2D eigenvalue weighted by Gasteiger charge is 2.24. The van der Waals surface area contributed by atoms with Gasteiger partial charge in [-0.1, -0.05) is 12.1 Å². The highest BCUT2D eigenvalue weighted by atomic mass is 16.3. The lowest BCUT2D eigenvalue weighted by Gasteiger charge is -2.24. The normalized spacial score (nSPS) is 10.9. The summed E-state index contributed by atoms with van der Waals surface area (Å²) >= 11 is 0. The second kappa shape index (κ2) is 4.86. The molecule has 4 N–H and O–H groups in total. The Morgan fingerprint density at radius 2 is 1.94 bits per heavy atom. The highest BCUT2D eigenvalue weighted by molar-refractivity contribution is 5.97. The van der Waals surface area contributed by atoms with Crippen LogP contribution in [-0.2, 0) is 4.79 Å². The lowest BCUT2D eigenvalue weighted by Crippen LogP contribution is -2.46. The van der Waals surface area contributed by atoms with Crippen LogP contribution < -0.4 is 11.1 Å². The molecule has 0 bridgehead atoms. The Balaban J connectivity index is 2.79. The molecule has 0 aliphatic heterocycles. The molecule has 1 rings (SSSR count). The van der Waals surface area contributed by atoms with Crippen LogP contribution >= 0.6 is 0 Å². The first kappa shape index (κ1) is 13.0. The van der Waals surface area contributed by atoms with Gasteiger partial charge in [0.05, 0.1) is 5.56 Å². The zero-order valence-electron chi connectivity index (χ0n) is 9.86. The fraction of sp³-hybridized carbons (Fsp3) is 0.333. The summed E-state index contributed by atoms with van der Waals surface area (Å²) in [5.74, 6) is -1.03. The van der Waals surface area contributed by atoms with Crippen molar-refractivity contribution >= 4 is 11.8 Å². The molecule has 0 aliphatic carbocycles. The van der Waals surface area contributed by atoms with Crippen LogP contribution in [0.5, 0.6) is 5.75 Å². The molecule has 5 heteroatoms. The fourth-order valence-corrected chi connectivity index (χ4v) is 1.52. The maximum atomic E-state index is 11.8. The van der Waals surface area contributed by atoms with Crippen molar-refractivity contribution in [1.82, 2.24) is 5.32 Å². The number of phenolic OH excluding ortho intramolecular Hbond substituents is 1. The monoisotopic (exact) mass is 236 g/mol. The minimum absolute atomic E-state index is 0.0341. The number of aromatic hydroxyl groups is 1. The van der Waals surface area contributed by atoms with E-state index in [0.29, 0.717) is 0 Å². The molecule has 0 radical (unpaired) electrons.